The number of nitrogens with one attached hydrogen (secondary N) is 2. The number of allylic oxidation sites excluding steroid dienone is 1. The van der Waals surface area contributed by atoms with Gasteiger partial charge in [-0.3, -0.25) is 4.79 Å². The zero-order valence-electron chi connectivity index (χ0n) is 17.6. The lowest BCUT2D eigenvalue weighted by Gasteiger charge is -2.10. The summed E-state index contributed by atoms with van der Waals surface area (Å²) >= 11 is 9.01. The first kappa shape index (κ1) is 22.1. The van der Waals surface area contributed by atoms with Gasteiger partial charge in [-0.2, -0.15) is 4.57 Å². The summed E-state index contributed by atoms with van der Waals surface area (Å²) < 4.78 is 1.72. The number of rotatable bonds is 6. The Morgan fingerprint density at radius 1 is 1.35 bits per heavy atom. The summed E-state index contributed by atoms with van der Waals surface area (Å²) in [6.45, 7) is 8.22. The van der Waals surface area contributed by atoms with Crippen molar-refractivity contribution in [2.75, 3.05) is 11.1 Å². The molecule has 5 nitrogen and oxygen atoms in total. The minimum absolute atomic E-state index is 0.00704. The van der Waals surface area contributed by atoms with Gasteiger partial charge in [0.05, 0.1) is 5.75 Å². The summed E-state index contributed by atoms with van der Waals surface area (Å²) in [5.41, 5.74) is 3.74. The van der Waals surface area contributed by atoms with E-state index in [1.54, 1.807) is 28.0 Å². The summed E-state index contributed by atoms with van der Waals surface area (Å²) in [5.74, 6) is 0.0499. The van der Waals surface area contributed by atoms with Crippen molar-refractivity contribution < 1.29 is 9.78 Å². The fourth-order valence-electron chi connectivity index (χ4n) is 3.89. The van der Waals surface area contributed by atoms with Gasteiger partial charge in [0, 0.05) is 15.6 Å². The van der Waals surface area contributed by atoms with E-state index < -0.39 is 0 Å². The molecule has 1 aliphatic rings. The van der Waals surface area contributed by atoms with Crippen molar-refractivity contribution in [3.63, 3.8) is 0 Å². The average molecular weight is 475 g/mol. The van der Waals surface area contributed by atoms with Gasteiger partial charge < -0.3 is 5.32 Å². The van der Waals surface area contributed by atoms with E-state index in [4.69, 9.17) is 11.6 Å². The molecule has 0 saturated heterocycles. The number of aryl methyl sites for hydroxylation is 3. The van der Waals surface area contributed by atoms with Crippen LogP contribution in [0, 0.1) is 6.92 Å². The van der Waals surface area contributed by atoms with Crippen LogP contribution in [0.2, 0.25) is 5.02 Å². The van der Waals surface area contributed by atoms with Crippen molar-refractivity contribution in [1.82, 2.24) is 4.57 Å². The van der Waals surface area contributed by atoms with E-state index in [0.29, 0.717) is 16.7 Å². The first-order chi connectivity index (χ1) is 14.8. The van der Waals surface area contributed by atoms with Crippen LogP contribution in [-0.2, 0) is 24.2 Å². The van der Waals surface area contributed by atoms with E-state index in [9.17, 15) is 9.59 Å². The number of H-pyrrole nitrogens is 1. The molecular weight excluding hydrogens is 450 g/mol. The number of amides is 1. The van der Waals surface area contributed by atoms with Gasteiger partial charge in [0.1, 0.15) is 11.9 Å². The third kappa shape index (κ3) is 4.73. The van der Waals surface area contributed by atoms with E-state index in [-0.39, 0.29) is 17.2 Å². The molecule has 0 bridgehead atoms. The summed E-state index contributed by atoms with van der Waals surface area (Å²) in [7, 11) is 0. The number of nitrogens with zero attached hydrogens (tertiary/aromatic N) is 1. The molecular formula is C23H25ClN3O2S2+. The average Bonchev–Trinajstić information content (AvgIpc) is 3.09. The molecule has 3 aromatic rings. The molecule has 2 N–H and O–H groups in total. The number of hydrogen-bond donors (Lipinski definition) is 1. The van der Waals surface area contributed by atoms with Crippen molar-refractivity contribution >= 4 is 56.5 Å². The van der Waals surface area contributed by atoms with Crippen LogP contribution in [0.3, 0.4) is 0 Å². The number of thioether (sulfide) groups is 1. The molecule has 0 unspecified atom stereocenters. The van der Waals surface area contributed by atoms with Crippen molar-refractivity contribution in [3.8, 4) is 0 Å². The fourth-order valence-corrected chi connectivity index (χ4v) is 6.28. The normalized spacial score (nSPS) is 13.3. The third-order valence-electron chi connectivity index (χ3n) is 5.33. The molecule has 0 radical (unpaired) electrons. The highest BCUT2D eigenvalue weighted by atomic mass is 35.5. The molecule has 0 fully saturated rings. The fraction of sp³-hybridized carbons (Fsp3) is 0.348. The summed E-state index contributed by atoms with van der Waals surface area (Å²) in [6.07, 6.45) is 4.29. The Morgan fingerprint density at radius 2 is 2.13 bits per heavy atom. The number of halogens is 1. The van der Waals surface area contributed by atoms with E-state index in [0.717, 1.165) is 46.3 Å². The van der Waals surface area contributed by atoms with E-state index >= 15 is 0 Å². The standard InChI is InChI=1S/C23H24ClN3O2S2/c1-13(2)11-27-22(29)20-16-6-4-5-7-18(16)31-21(20)26-23(27)30-12-19(28)25-17-9-8-15(24)10-14(17)3/h8-10H,1,4-7,11-12H2,2-3H3,(H,25,28)/p+1. The monoisotopic (exact) mass is 474 g/mol. The minimum Gasteiger partial charge on any atom is -0.325 e. The van der Waals surface area contributed by atoms with Gasteiger partial charge in [0.15, 0.2) is 4.83 Å². The van der Waals surface area contributed by atoms with Crippen LogP contribution in [-0.4, -0.2) is 16.2 Å². The van der Waals surface area contributed by atoms with Gasteiger partial charge in [0.2, 0.25) is 5.91 Å². The zero-order valence-corrected chi connectivity index (χ0v) is 20.0. The maximum atomic E-state index is 13.4. The molecule has 1 aliphatic carbocycles. The number of fused-ring (bicyclic) bond motifs is 3. The zero-order chi connectivity index (χ0) is 22.1. The topological polar surface area (TPSA) is 65.2 Å². The summed E-state index contributed by atoms with van der Waals surface area (Å²) in [6, 6.07) is 5.36. The molecule has 31 heavy (non-hydrogen) atoms. The second-order valence-corrected chi connectivity index (χ2v) is 10.5. The van der Waals surface area contributed by atoms with Gasteiger partial charge in [-0.05, 0) is 86.2 Å². The molecule has 1 aromatic carbocycles. The number of aromatic amines is 1. The molecule has 162 valence electrons. The predicted molar refractivity (Wildman–Crippen MR) is 130 cm³/mol. The van der Waals surface area contributed by atoms with Gasteiger partial charge in [-0.25, -0.2) is 9.78 Å². The smallest absolute Gasteiger partial charge is 0.325 e. The Kier molecular flexibility index (Phi) is 6.55. The van der Waals surface area contributed by atoms with Crippen LogP contribution in [0.5, 0.6) is 0 Å². The predicted octanol–water partition coefficient (Wildman–Crippen LogP) is 5.02. The molecule has 4 rings (SSSR count). The van der Waals surface area contributed by atoms with E-state index in [1.807, 2.05) is 19.9 Å². The summed E-state index contributed by atoms with van der Waals surface area (Å²) in [5, 5.41) is 5.05. The van der Waals surface area contributed by atoms with Gasteiger partial charge in [-0.15, -0.1) is 0 Å². The van der Waals surface area contributed by atoms with Crippen LogP contribution in [0.25, 0.3) is 10.2 Å². The number of anilines is 1. The molecule has 0 saturated carbocycles. The van der Waals surface area contributed by atoms with Crippen molar-refractivity contribution in [3.05, 3.63) is 61.7 Å². The number of carbonyl (C=O) groups excluding carboxylic acids is 1. The first-order valence-electron chi connectivity index (χ1n) is 10.3. The Bertz CT molecular complexity index is 1250. The Labute approximate surface area is 194 Å². The van der Waals surface area contributed by atoms with Gasteiger partial charge in [0.25, 0.3) is 0 Å². The quantitative estimate of drug-likeness (QED) is 0.310. The molecule has 0 aliphatic heterocycles. The SMILES string of the molecule is C=C(C)Cn1c(SCC(=O)Nc2ccc(Cl)cc2C)[nH+]c2sc3c(c2c1=O)CCCC3. The highest BCUT2D eigenvalue weighted by molar-refractivity contribution is 7.99. The highest BCUT2D eigenvalue weighted by Crippen LogP contribution is 2.33. The molecule has 8 heteroatoms. The van der Waals surface area contributed by atoms with Crippen LogP contribution in [0.15, 0.2) is 40.3 Å². The van der Waals surface area contributed by atoms with Crippen molar-refractivity contribution in [2.24, 2.45) is 0 Å². The third-order valence-corrected chi connectivity index (χ3v) is 7.77. The summed E-state index contributed by atoms with van der Waals surface area (Å²) in [4.78, 5) is 31.7. The Morgan fingerprint density at radius 3 is 2.87 bits per heavy atom. The second-order valence-electron chi connectivity index (χ2n) is 7.99. The lowest BCUT2D eigenvalue weighted by molar-refractivity contribution is -0.404. The van der Waals surface area contributed by atoms with E-state index in [2.05, 4.69) is 16.9 Å². The van der Waals surface area contributed by atoms with Crippen LogP contribution in [0.1, 0.15) is 35.8 Å². The largest absolute Gasteiger partial charge is 0.347 e. The number of aromatic nitrogens is 2. The number of benzene rings is 1. The van der Waals surface area contributed by atoms with E-state index in [1.165, 1.54) is 28.6 Å². The lowest BCUT2D eigenvalue weighted by atomic mass is 9.97. The number of hydrogen-bond acceptors (Lipinski definition) is 4. The Balaban J connectivity index is 1.62. The van der Waals surface area contributed by atoms with Crippen LogP contribution >= 0.6 is 34.7 Å². The van der Waals surface area contributed by atoms with Crippen molar-refractivity contribution in [1.29, 1.82) is 0 Å². The molecule has 0 spiro atoms. The van der Waals surface area contributed by atoms with Crippen LogP contribution < -0.4 is 15.9 Å². The molecule has 2 heterocycles. The van der Waals surface area contributed by atoms with Gasteiger partial charge in [-0.1, -0.05) is 29.5 Å². The maximum Gasteiger partial charge on any atom is 0.347 e. The van der Waals surface area contributed by atoms with Gasteiger partial charge >= 0.3 is 10.7 Å². The minimum atomic E-state index is -0.135. The first-order valence-corrected chi connectivity index (χ1v) is 12.4. The highest BCUT2D eigenvalue weighted by Gasteiger charge is 2.27. The number of thiophene rings is 1. The maximum absolute atomic E-state index is 13.4. The molecule has 2 aromatic heterocycles. The lowest BCUT2D eigenvalue weighted by Crippen LogP contribution is -2.31. The molecule has 1 amide bonds. The Hall–Kier alpha value is -2.09. The van der Waals surface area contributed by atoms with Crippen LogP contribution in [0.4, 0.5) is 5.69 Å². The second kappa shape index (κ2) is 9.18. The van der Waals surface area contributed by atoms with Crippen molar-refractivity contribution in [2.45, 2.75) is 51.2 Å². The number of carbonyl (C=O) groups is 1. The molecule has 0 atom stereocenters.